The summed E-state index contributed by atoms with van der Waals surface area (Å²) in [7, 11) is 0. The molecule has 0 saturated heterocycles. The van der Waals surface area contributed by atoms with Crippen molar-refractivity contribution in [2.45, 2.75) is 30.9 Å². The van der Waals surface area contributed by atoms with Crippen LogP contribution in [-0.2, 0) is 23.2 Å². The minimum Gasteiger partial charge on any atom is -0.374 e. The number of aromatic nitrogens is 3. The normalized spacial score (nSPS) is 17.8. The van der Waals surface area contributed by atoms with Gasteiger partial charge in [0, 0.05) is 28.0 Å². The fraction of sp³-hybridized carbons (Fsp3) is 0.227. The van der Waals surface area contributed by atoms with E-state index < -0.39 is 58.6 Å². The lowest BCUT2D eigenvalue weighted by atomic mass is 9.88. The molecule has 0 radical (unpaired) electrons. The molecule has 1 amide bonds. The van der Waals surface area contributed by atoms with Gasteiger partial charge in [0.25, 0.3) is 11.5 Å². The summed E-state index contributed by atoms with van der Waals surface area (Å²) in [5, 5.41) is 5.37. The Bertz CT molecular complexity index is 1350. The van der Waals surface area contributed by atoms with Crippen molar-refractivity contribution in [3.8, 4) is 0 Å². The fourth-order valence-electron chi connectivity index (χ4n) is 3.48. The molecule has 0 fully saturated rings. The van der Waals surface area contributed by atoms with E-state index in [9.17, 15) is 31.1 Å². The van der Waals surface area contributed by atoms with Gasteiger partial charge in [0.15, 0.2) is 11.5 Å². The van der Waals surface area contributed by atoms with Crippen LogP contribution in [-0.4, -0.2) is 32.7 Å². The maximum Gasteiger partial charge on any atom is 0.435 e. The van der Waals surface area contributed by atoms with E-state index in [0.717, 1.165) is 12.1 Å². The number of amides is 1. The molecule has 1 aliphatic rings. The van der Waals surface area contributed by atoms with Crippen LogP contribution in [0.15, 0.2) is 53.9 Å². The first kappa shape index (κ1) is 26.6. The SMILES string of the molecule is O=C(NCc1ccccn1)c1cnc(C2=NOC(c3cc(Cl)cc(Cl)c3)(C(F)(F)F)C2)nc1C(F)(F)F. The Morgan fingerprint density at radius 3 is 2.35 bits per heavy atom. The number of oxime groups is 1. The zero-order chi connectivity index (χ0) is 27.0. The molecule has 1 unspecified atom stereocenters. The van der Waals surface area contributed by atoms with Gasteiger partial charge in [-0.15, -0.1) is 0 Å². The van der Waals surface area contributed by atoms with Crippen molar-refractivity contribution in [2.75, 3.05) is 0 Å². The summed E-state index contributed by atoms with van der Waals surface area (Å²) in [6.07, 6.45) is -9.30. The van der Waals surface area contributed by atoms with E-state index in [1.165, 1.54) is 12.3 Å². The molecule has 2 aromatic heterocycles. The molecule has 4 rings (SSSR count). The van der Waals surface area contributed by atoms with Crippen LogP contribution in [0.3, 0.4) is 0 Å². The quantitative estimate of drug-likeness (QED) is 0.402. The Morgan fingerprint density at radius 1 is 1.05 bits per heavy atom. The number of alkyl halides is 6. The maximum atomic E-state index is 14.2. The Kier molecular flexibility index (Phi) is 7.04. The summed E-state index contributed by atoms with van der Waals surface area (Å²) in [5.74, 6) is -1.96. The van der Waals surface area contributed by atoms with Crippen molar-refractivity contribution in [1.82, 2.24) is 20.3 Å². The van der Waals surface area contributed by atoms with Crippen molar-refractivity contribution in [3.63, 3.8) is 0 Å². The largest absolute Gasteiger partial charge is 0.435 e. The molecule has 7 nitrogen and oxygen atoms in total. The lowest BCUT2D eigenvalue weighted by Gasteiger charge is -2.29. The van der Waals surface area contributed by atoms with Crippen LogP contribution in [0.1, 0.15) is 39.6 Å². The second kappa shape index (κ2) is 9.78. The molecule has 1 N–H and O–H groups in total. The highest BCUT2D eigenvalue weighted by molar-refractivity contribution is 6.34. The molecule has 0 saturated carbocycles. The van der Waals surface area contributed by atoms with E-state index in [1.807, 2.05) is 0 Å². The molecule has 15 heteroatoms. The second-order valence-corrected chi connectivity index (χ2v) is 8.62. The van der Waals surface area contributed by atoms with E-state index in [4.69, 9.17) is 28.0 Å². The van der Waals surface area contributed by atoms with E-state index >= 15 is 0 Å². The van der Waals surface area contributed by atoms with Gasteiger partial charge in [-0.1, -0.05) is 34.4 Å². The number of carbonyl (C=O) groups is 1. The van der Waals surface area contributed by atoms with Crippen molar-refractivity contribution >= 4 is 34.8 Å². The molecular weight excluding hydrogens is 551 g/mol. The van der Waals surface area contributed by atoms with Crippen LogP contribution in [0.4, 0.5) is 26.3 Å². The highest BCUT2D eigenvalue weighted by Gasteiger charge is 2.63. The standard InChI is InChI=1S/C22H13Cl2F6N5O2/c23-12-5-11(6-13(24)7-12)20(22(28,29)30)8-16(35-37-20)18-32-10-15(17(34-18)21(25,26)27)19(36)33-9-14-3-1-2-4-31-14/h1-7,10H,8-9H2,(H,33,36). The van der Waals surface area contributed by atoms with Crippen molar-refractivity contribution in [2.24, 2.45) is 5.16 Å². The molecule has 0 aliphatic carbocycles. The number of carbonyl (C=O) groups excluding carboxylic acids is 1. The topological polar surface area (TPSA) is 89.4 Å². The molecule has 1 atom stereocenters. The summed E-state index contributed by atoms with van der Waals surface area (Å²) >= 11 is 11.7. The zero-order valence-electron chi connectivity index (χ0n) is 18.2. The molecule has 0 bridgehead atoms. The number of benzene rings is 1. The molecule has 37 heavy (non-hydrogen) atoms. The Labute approximate surface area is 214 Å². The lowest BCUT2D eigenvalue weighted by Crippen LogP contribution is -2.42. The average Bonchev–Trinajstić information content (AvgIpc) is 3.29. The minimum absolute atomic E-state index is 0.125. The van der Waals surface area contributed by atoms with Gasteiger partial charge in [-0.2, -0.15) is 26.3 Å². The molecule has 194 valence electrons. The third-order valence-electron chi connectivity index (χ3n) is 5.23. The first-order valence-electron chi connectivity index (χ1n) is 10.2. The molecule has 1 aromatic carbocycles. The van der Waals surface area contributed by atoms with Gasteiger partial charge < -0.3 is 10.2 Å². The number of nitrogens with zero attached hydrogens (tertiary/aromatic N) is 4. The van der Waals surface area contributed by atoms with E-state index in [0.29, 0.717) is 11.9 Å². The van der Waals surface area contributed by atoms with Gasteiger partial charge in [-0.3, -0.25) is 9.78 Å². The Morgan fingerprint density at radius 2 is 1.76 bits per heavy atom. The highest BCUT2D eigenvalue weighted by Crippen LogP contribution is 2.49. The van der Waals surface area contributed by atoms with Gasteiger partial charge in [0.1, 0.15) is 5.71 Å². The lowest BCUT2D eigenvalue weighted by molar-refractivity contribution is -0.275. The van der Waals surface area contributed by atoms with Gasteiger partial charge in [-0.05, 0) is 30.3 Å². The van der Waals surface area contributed by atoms with Crippen LogP contribution < -0.4 is 5.32 Å². The summed E-state index contributed by atoms with van der Waals surface area (Å²) in [6, 6.07) is 7.89. The van der Waals surface area contributed by atoms with Gasteiger partial charge in [-0.25, -0.2) is 9.97 Å². The van der Waals surface area contributed by atoms with Gasteiger partial charge in [0.2, 0.25) is 0 Å². The number of hydrogen-bond acceptors (Lipinski definition) is 6. The first-order valence-corrected chi connectivity index (χ1v) is 11.0. The third-order valence-corrected chi connectivity index (χ3v) is 5.67. The number of pyridine rings is 1. The molecule has 0 spiro atoms. The van der Waals surface area contributed by atoms with Crippen molar-refractivity contribution in [3.05, 3.63) is 87.2 Å². The summed E-state index contributed by atoms with van der Waals surface area (Å²) in [5.41, 5.74) is -6.46. The predicted molar refractivity (Wildman–Crippen MR) is 119 cm³/mol. The second-order valence-electron chi connectivity index (χ2n) is 7.75. The van der Waals surface area contributed by atoms with Gasteiger partial charge in [0.05, 0.1) is 24.2 Å². The number of halogens is 8. The van der Waals surface area contributed by atoms with E-state index in [-0.39, 0.29) is 16.6 Å². The smallest absolute Gasteiger partial charge is 0.374 e. The Hall–Kier alpha value is -3.45. The summed E-state index contributed by atoms with van der Waals surface area (Å²) < 4.78 is 83.8. The minimum atomic E-state index is -5.14. The average molecular weight is 564 g/mol. The number of nitrogens with one attached hydrogen (secondary N) is 1. The van der Waals surface area contributed by atoms with Crippen LogP contribution in [0.2, 0.25) is 10.0 Å². The number of rotatable bonds is 5. The predicted octanol–water partition coefficient (Wildman–Crippen LogP) is 5.71. The molecule has 3 heterocycles. The zero-order valence-corrected chi connectivity index (χ0v) is 19.7. The summed E-state index contributed by atoms with van der Waals surface area (Å²) in [4.78, 5) is 28.2. The van der Waals surface area contributed by atoms with Crippen LogP contribution in [0.5, 0.6) is 0 Å². The van der Waals surface area contributed by atoms with Gasteiger partial charge >= 0.3 is 12.4 Å². The monoisotopic (exact) mass is 563 g/mol. The van der Waals surface area contributed by atoms with Crippen LogP contribution >= 0.6 is 23.2 Å². The van der Waals surface area contributed by atoms with Crippen LogP contribution in [0.25, 0.3) is 0 Å². The maximum absolute atomic E-state index is 14.2. The molecule has 1 aliphatic heterocycles. The Balaban J connectivity index is 1.66. The van der Waals surface area contributed by atoms with Crippen molar-refractivity contribution < 1.29 is 36.0 Å². The fourth-order valence-corrected chi connectivity index (χ4v) is 4.01. The number of hydrogen-bond donors (Lipinski definition) is 1. The van der Waals surface area contributed by atoms with Crippen LogP contribution in [0, 0.1) is 0 Å². The summed E-state index contributed by atoms with van der Waals surface area (Å²) in [6.45, 7) is -0.185. The first-order chi connectivity index (χ1) is 17.3. The molecular formula is C22H13Cl2F6N5O2. The van der Waals surface area contributed by atoms with E-state index in [2.05, 4.69) is 25.4 Å². The third kappa shape index (κ3) is 5.47. The van der Waals surface area contributed by atoms with Crippen molar-refractivity contribution in [1.29, 1.82) is 0 Å². The van der Waals surface area contributed by atoms with E-state index in [1.54, 1.807) is 18.2 Å². The molecule has 3 aromatic rings. The highest BCUT2D eigenvalue weighted by atomic mass is 35.5.